The molecule has 0 unspecified atom stereocenters. The van der Waals surface area contributed by atoms with E-state index in [9.17, 15) is 9.90 Å². The monoisotopic (exact) mass is 297 g/mol. The summed E-state index contributed by atoms with van der Waals surface area (Å²) >= 11 is 0. The SMILES string of the molecule is CC(C)c1ccc(CN[C@H](Cc2ccccc2)C(=O)O)cc1. The van der Waals surface area contributed by atoms with Crippen LogP contribution in [0.3, 0.4) is 0 Å². The molecule has 3 heteroatoms. The van der Waals surface area contributed by atoms with E-state index >= 15 is 0 Å². The first-order chi connectivity index (χ1) is 10.6. The molecular formula is C19H23NO2. The van der Waals surface area contributed by atoms with E-state index < -0.39 is 12.0 Å². The van der Waals surface area contributed by atoms with Crippen LogP contribution in [0.2, 0.25) is 0 Å². The lowest BCUT2D eigenvalue weighted by Crippen LogP contribution is -2.38. The molecular weight excluding hydrogens is 274 g/mol. The van der Waals surface area contributed by atoms with Crippen molar-refractivity contribution in [3.05, 3.63) is 71.3 Å². The van der Waals surface area contributed by atoms with Crippen LogP contribution in [0, 0.1) is 0 Å². The average molecular weight is 297 g/mol. The van der Waals surface area contributed by atoms with Crippen LogP contribution in [0.4, 0.5) is 0 Å². The largest absolute Gasteiger partial charge is 0.480 e. The summed E-state index contributed by atoms with van der Waals surface area (Å²) in [6.45, 7) is 4.88. The summed E-state index contributed by atoms with van der Waals surface area (Å²) < 4.78 is 0. The number of nitrogens with one attached hydrogen (secondary N) is 1. The quantitative estimate of drug-likeness (QED) is 0.821. The smallest absolute Gasteiger partial charge is 0.321 e. The summed E-state index contributed by atoms with van der Waals surface area (Å²) in [4.78, 5) is 11.4. The topological polar surface area (TPSA) is 49.3 Å². The molecule has 0 bridgehead atoms. The summed E-state index contributed by atoms with van der Waals surface area (Å²) in [7, 11) is 0. The number of rotatable bonds is 7. The number of hydrogen-bond acceptors (Lipinski definition) is 2. The van der Waals surface area contributed by atoms with Gasteiger partial charge in [0.1, 0.15) is 6.04 Å². The van der Waals surface area contributed by atoms with Gasteiger partial charge in [-0.15, -0.1) is 0 Å². The third kappa shape index (κ3) is 4.71. The lowest BCUT2D eigenvalue weighted by Gasteiger charge is -2.15. The van der Waals surface area contributed by atoms with Crippen LogP contribution in [0.1, 0.15) is 36.5 Å². The molecule has 0 saturated carbocycles. The molecule has 2 N–H and O–H groups in total. The zero-order valence-corrected chi connectivity index (χ0v) is 13.1. The lowest BCUT2D eigenvalue weighted by atomic mass is 10.0. The fourth-order valence-corrected chi connectivity index (χ4v) is 2.36. The molecule has 22 heavy (non-hydrogen) atoms. The minimum atomic E-state index is -0.817. The predicted molar refractivity (Wildman–Crippen MR) is 88.9 cm³/mol. The summed E-state index contributed by atoms with van der Waals surface area (Å²) in [6, 6.07) is 17.5. The van der Waals surface area contributed by atoms with Crippen molar-refractivity contribution >= 4 is 5.97 Å². The number of benzene rings is 2. The van der Waals surface area contributed by atoms with Gasteiger partial charge in [0, 0.05) is 6.54 Å². The molecule has 0 saturated heterocycles. The fourth-order valence-electron chi connectivity index (χ4n) is 2.36. The molecule has 3 nitrogen and oxygen atoms in total. The van der Waals surface area contributed by atoms with Crippen molar-refractivity contribution in [1.29, 1.82) is 0 Å². The average Bonchev–Trinajstić information content (AvgIpc) is 2.52. The van der Waals surface area contributed by atoms with Crippen LogP contribution >= 0.6 is 0 Å². The molecule has 116 valence electrons. The molecule has 0 fully saturated rings. The number of carboxylic acids is 1. The molecule has 2 rings (SSSR count). The van der Waals surface area contributed by atoms with Crippen molar-refractivity contribution in [1.82, 2.24) is 5.32 Å². The maximum Gasteiger partial charge on any atom is 0.321 e. The van der Waals surface area contributed by atoms with Crippen LogP contribution in [-0.2, 0) is 17.8 Å². The Labute approximate surface area is 132 Å². The van der Waals surface area contributed by atoms with Gasteiger partial charge in [0.05, 0.1) is 0 Å². The zero-order chi connectivity index (χ0) is 15.9. The molecule has 2 aromatic carbocycles. The lowest BCUT2D eigenvalue weighted by molar-refractivity contribution is -0.139. The summed E-state index contributed by atoms with van der Waals surface area (Å²) in [6.07, 6.45) is 0.486. The van der Waals surface area contributed by atoms with E-state index in [4.69, 9.17) is 0 Å². The molecule has 0 radical (unpaired) electrons. The normalized spacial score (nSPS) is 12.3. The van der Waals surface area contributed by atoms with E-state index in [1.807, 2.05) is 30.3 Å². The molecule has 0 amide bonds. The highest BCUT2D eigenvalue weighted by molar-refractivity contribution is 5.73. The van der Waals surface area contributed by atoms with Crippen molar-refractivity contribution in [2.45, 2.75) is 38.8 Å². The highest BCUT2D eigenvalue weighted by Crippen LogP contribution is 2.14. The first-order valence-electron chi connectivity index (χ1n) is 7.65. The van der Waals surface area contributed by atoms with Crippen LogP contribution in [-0.4, -0.2) is 17.1 Å². The molecule has 0 spiro atoms. The second kappa shape index (κ2) is 7.76. The van der Waals surface area contributed by atoms with Crippen molar-refractivity contribution < 1.29 is 9.90 Å². The van der Waals surface area contributed by atoms with Gasteiger partial charge in [0.15, 0.2) is 0 Å². The minimum Gasteiger partial charge on any atom is -0.480 e. The van der Waals surface area contributed by atoms with E-state index in [-0.39, 0.29) is 0 Å². The number of aliphatic carboxylic acids is 1. The first-order valence-corrected chi connectivity index (χ1v) is 7.65. The number of carboxylic acid groups (broad SMARTS) is 1. The Morgan fingerprint density at radius 3 is 2.18 bits per heavy atom. The Hall–Kier alpha value is -2.13. The Bertz CT molecular complexity index is 591. The van der Waals surface area contributed by atoms with E-state index in [1.165, 1.54) is 5.56 Å². The second-order valence-corrected chi connectivity index (χ2v) is 5.86. The Morgan fingerprint density at radius 2 is 1.64 bits per heavy atom. The van der Waals surface area contributed by atoms with Crippen LogP contribution in [0.5, 0.6) is 0 Å². The third-order valence-electron chi connectivity index (χ3n) is 3.78. The van der Waals surface area contributed by atoms with Gasteiger partial charge >= 0.3 is 5.97 Å². The minimum absolute atomic E-state index is 0.486. The summed E-state index contributed by atoms with van der Waals surface area (Å²) in [5.74, 6) is -0.311. The predicted octanol–water partition coefficient (Wildman–Crippen LogP) is 3.60. The van der Waals surface area contributed by atoms with Gasteiger partial charge in [-0.25, -0.2) is 0 Å². The number of carbonyl (C=O) groups is 1. The van der Waals surface area contributed by atoms with Gasteiger partial charge in [0.25, 0.3) is 0 Å². The van der Waals surface area contributed by atoms with Gasteiger partial charge in [-0.05, 0) is 29.0 Å². The van der Waals surface area contributed by atoms with E-state index in [0.717, 1.165) is 11.1 Å². The molecule has 0 heterocycles. The highest BCUT2D eigenvalue weighted by atomic mass is 16.4. The molecule has 2 aromatic rings. The van der Waals surface area contributed by atoms with Crippen LogP contribution < -0.4 is 5.32 Å². The summed E-state index contributed by atoms with van der Waals surface area (Å²) in [5.41, 5.74) is 3.42. The van der Waals surface area contributed by atoms with Crippen molar-refractivity contribution in [3.8, 4) is 0 Å². The molecule has 0 aliphatic rings. The third-order valence-corrected chi connectivity index (χ3v) is 3.78. The van der Waals surface area contributed by atoms with E-state index in [2.05, 4.69) is 43.4 Å². The van der Waals surface area contributed by atoms with Crippen molar-refractivity contribution in [3.63, 3.8) is 0 Å². The van der Waals surface area contributed by atoms with Gasteiger partial charge in [-0.3, -0.25) is 4.79 Å². The highest BCUT2D eigenvalue weighted by Gasteiger charge is 2.17. The standard InChI is InChI=1S/C19H23NO2/c1-14(2)17-10-8-16(9-11-17)13-20-18(19(21)22)12-15-6-4-3-5-7-15/h3-11,14,18,20H,12-13H2,1-2H3,(H,21,22)/t18-/m1/s1. The van der Waals surface area contributed by atoms with E-state index in [1.54, 1.807) is 0 Å². The molecule has 0 aromatic heterocycles. The second-order valence-electron chi connectivity index (χ2n) is 5.86. The zero-order valence-electron chi connectivity index (χ0n) is 13.1. The molecule has 1 atom stereocenters. The van der Waals surface area contributed by atoms with Gasteiger partial charge in [-0.2, -0.15) is 0 Å². The van der Waals surface area contributed by atoms with Crippen LogP contribution in [0.25, 0.3) is 0 Å². The molecule has 0 aliphatic carbocycles. The summed E-state index contributed by atoms with van der Waals surface area (Å²) in [5, 5.41) is 12.5. The van der Waals surface area contributed by atoms with E-state index in [0.29, 0.717) is 18.9 Å². The number of hydrogen-bond donors (Lipinski definition) is 2. The Kier molecular flexibility index (Phi) is 5.73. The van der Waals surface area contributed by atoms with Crippen LogP contribution in [0.15, 0.2) is 54.6 Å². The van der Waals surface area contributed by atoms with Gasteiger partial charge < -0.3 is 10.4 Å². The maximum absolute atomic E-state index is 11.4. The van der Waals surface area contributed by atoms with Crippen molar-refractivity contribution in [2.24, 2.45) is 0 Å². The molecule has 0 aliphatic heterocycles. The first kappa shape index (κ1) is 16.2. The fraction of sp³-hybridized carbons (Fsp3) is 0.316. The Morgan fingerprint density at radius 1 is 1.00 bits per heavy atom. The maximum atomic E-state index is 11.4. The van der Waals surface area contributed by atoms with Gasteiger partial charge in [-0.1, -0.05) is 68.4 Å². The Balaban J connectivity index is 1.95. The van der Waals surface area contributed by atoms with Crippen molar-refractivity contribution in [2.75, 3.05) is 0 Å². The van der Waals surface area contributed by atoms with Gasteiger partial charge in [0.2, 0.25) is 0 Å².